The van der Waals surface area contributed by atoms with E-state index in [0.717, 1.165) is 16.9 Å². The summed E-state index contributed by atoms with van der Waals surface area (Å²) in [6, 6.07) is 5.97. The van der Waals surface area contributed by atoms with Crippen molar-refractivity contribution in [2.45, 2.75) is 58.6 Å². The topological polar surface area (TPSA) is 75.7 Å². The number of ether oxygens (including phenoxy) is 1. The van der Waals surface area contributed by atoms with E-state index in [4.69, 9.17) is 4.74 Å². The predicted molar refractivity (Wildman–Crippen MR) is 105 cm³/mol. The Morgan fingerprint density at radius 2 is 1.96 bits per heavy atom. The van der Waals surface area contributed by atoms with Gasteiger partial charge in [-0.3, -0.25) is 4.79 Å². The van der Waals surface area contributed by atoms with Crippen molar-refractivity contribution < 1.29 is 17.9 Å². The van der Waals surface area contributed by atoms with Crippen molar-refractivity contribution in [1.29, 1.82) is 0 Å². The molecular formula is C20H30N2O4S. The van der Waals surface area contributed by atoms with Gasteiger partial charge < -0.3 is 10.1 Å². The number of nitrogens with zero attached hydrogens (tertiary/aromatic N) is 1. The molecule has 1 saturated heterocycles. The maximum Gasteiger partial charge on any atom is 0.223 e. The smallest absolute Gasteiger partial charge is 0.223 e. The Hall–Kier alpha value is -1.60. The van der Waals surface area contributed by atoms with Gasteiger partial charge in [-0.15, -0.1) is 0 Å². The molecule has 1 amide bonds. The van der Waals surface area contributed by atoms with E-state index in [-0.39, 0.29) is 29.2 Å². The number of fused-ring (bicyclic) bond motifs is 1. The lowest BCUT2D eigenvalue weighted by Gasteiger charge is -2.39. The molecule has 6 nitrogen and oxygen atoms in total. The molecule has 1 N–H and O–H groups in total. The molecule has 0 radical (unpaired) electrons. The highest BCUT2D eigenvalue weighted by molar-refractivity contribution is 7.89. The average molecular weight is 395 g/mol. The largest absolute Gasteiger partial charge is 0.487 e. The summed E-state index contributed by atoms with van der Waals surface area (Å²) in [5.74, 6) is 0.800. The zero-order valence-corrected chi connectivity index (χ0v) is 17.4. The van der Waals surface area contributed by atoms with Crippen molar-refractivity contribution in [2.24, 2.45) is 5.92 Å². The molecule has 1 fully saturated rings. The lowest BCUT2D eigenvalue weighted by molar-refractivity contribution is -0.127. The van der Waals surface area contributed by atoms with Gasteiger partial charge in [-0.1, -0.05) is 17.7 Å². The maximum atomic E-state index is 12.9. The molecule has 1 aromatic carbocycles. The van der Waals surface area contributed by atoms with Gasteiger partial charge in [0.25, 0.3) is 0 Å². The molecule has 0 spiro atoms. The molecule has 1 aromatic rings. The van der Waals surface area contributed by atoms with Gasteiger partial charge >= 0.3 is 0 Å². The number of benzene rings is 1. The van der Waals surface area contributed by atoms with Crippen molar-refractivity contribution in [1.82, 2.24) is 9.62 Å². The molecule has 150 valence electrons. The van der Waals surface area contributed by atoms with Crippen molar-refractivity contribution in [3.05, 3.63) is 29.3 Å². The molecule has 2 aliphatic heterocycles. The number of aryl methyl sites for hydroxylation is 1. The Labute approximate surface area is 162 Å². The van der Waals surface area contributed by atoms with Gasteiger partial charge in [-0.2, -0.15) is 0 Å². The number of sulfonamides is 1. The van der Waals surface area contributed by atoms with E-state index in [1.54, 1.807) is 6.92 Å². The monoisotopic (exact) mass is 394 g/mol. The molecule has 2 heterocycles. The normalized spacial score (nSPS) is 23.3. The number of carbonyl (C=O) groups is 1. The first kappa shape index (κ1) is 20.1. The van der Waals surface area contributed by atoms with E-state index in [2.05, 4.69) is 11.4 Å². The summed E-state index contributed by atoms with van der Waals surface area (Å²) in [7, 11) is -3.17. The number of nitrogens with one attached hydrogen (secondary N) is 1. The van der Waals surface area contributed by atoms with E-state index in [1.807, 2.05) is 32.9 Å². The Morgan fingerprint density at radius 3 is 2.59 bits per heavy atom. The van der Waals surface area contributed by atoms with Crippen LogP contribution in [0.15, 0.2) is 18.2 Å². The van der Waals surface area contributed by atoms with Crippen LogP contribution >= 0.6 is 0 Å². The number of piperidine rings is 1. The van der Waals surface area contributed by atoms with Crippen LogP contribution in [-0.4, -0.2) is 43.1 Å². The fourth-order valence-corrected chi connectivity index (χ4v) is 5.10. The van der Waals surface area contributed by atoms with Crippen LogP contribution in [0.4, 0.5) is 0 Å². The highest BCUT2D eigenvalue weighted by Crippen LogP contribution is 2.40. The van der Waals surface area contributed by atoms with E-state index in [1.165, 1.54) is 4.31 Å². The third-order valence-corrected chi connectivity index (χ3v) is 7.40. The van der Waals surface area contributed by atoms with Gasteiger partial charge in [0.15, 0.2) is 0 Å². The summed E-state index contributed by atoms with van der Waals surface area (Å²) in [6.07, 6.45) is 1.84. The minimum absolute atomic E-state index is 0.0127. The van der Waals surface area contributed by atoms with E-state index in [0.29, 0.717) is 32.4 Å². The van der Waals surface area contributed by atoms with E-state index >= 15 is 0 Å². The van der Waals surface area contributed by atoms with Gasteiger partial charge in [-0.25, -0.2) is 12.7 Å². The van der Waals surface area contributed by atoms with Gasteiger partial charge in [0.2, 0.25) is 15.9 Å². The number of hydrogen-bond acceptors (Lipinski definition) is 4. The third-order valence-electron chi connectivity index (χ3n) is 5.52. The summed E-state index contributed by atoms with van der Waals surface area (Å²) in [5, 5.41) is 3.21. The maximum absolute atomic E-state index is 12.9. The van der Waals surface area contributed by atoms with Gasteiger partial charge in [0.05, 0.1) is 11.8 Å². The Kier molecular flexibility index (Phi) is 5.54. The Morgan fingerprint density at radius 1 is 1.30 bits per heavy atom. The van der Waals surface area contributed by atoms with Crippen molar-refractivity contribution in [3.8, 4) is 5.75 Å². The molecule has 0 aliphatic carbocycles. The summed E-state index contributed by atoms with van der Waals surface area (Å²) in [4.78, 5) is 12.9. The van der Waals surface area contributed by atoms with Crippen LogP contribution in [0.5, 0.6) is 5.75 Å². The molecule has 2 aliphatic rings. The first-order valence-corrected chi connectivity index (χ1v) is 11.3. The molecule has 1 atom stereocenters. The second-order valence-electron chi connectivity index (χ2n) is 8.24. The first-order valence-electron chi connectivity index (χ1n) is 9.69. The van der Waals surface area contributed by atoms with Crippen LogP contribution in [0.25, 0.3) is 0 Å². The summed E-state index contributed by atoms with van der Waals surface area (Å²) in [6.45, 7) is 8.59. The molecule has 0 unspecified atom stereocenters. The van der Waals surface area contributed by atoms with Gasteiger partial charge in [-0.05, 0) is 46.6 Å². The lowest BCUT2D eigenvalue weighted by atomic mass is 9.88. The van der Waals surface area contributed by atoms with Crippen LogP contribution in [0.1, 0.15) is 57.2 Å². The van der Waals surface area contributed by atoms with Crippen LogP contribution in [0.3, 0.4) is 0 Å². The summed E-state index contributed by atoms with van der Waals surface area (Å²) in [5.41, 5.74) is 1.81. The summed E-state index contributed by atoms with van der Waals surface area (Å²) >= 11 is 0. The second kappa shape index (κ2) is 7.43. The van der Waals surface area contributed by atoms with Crippen molar-refractivity contribution in [2.75, 3.05) is 18.8 Å². The third kappa shape index (κ3) is 4.46. The van der Waals surface area contributed by atoms with Crippen LogP contribution < -0.4 is 10.1 Å². The van der Waals surface area contributed by atoms with Gasteiger partial charge in [0, 0.05) is 31.0 Å². The van der Waals surface area contributed by atoms with Crippen LogP contribution in [0.2, 0.25) is 0 Å². The number of carbonyl (C=O) groups excluding carboxylic acids is 1. The predicted octanol–water partition coefficient (Wildman–Crippen LogP) is 2.78. The molecule has 3 rings (SSSR count). The molecule has 0 bridgehead atoms. The Bertz CT molecular complexity index is 811. The van der Waals surface area contributed by atoms with E-state index in [9.17, 15) is 13.2 Å². The lowest BCUT2D eigenvalue weighted by Crippen LogP contribution is -2.46. The zero-order valence-electron chi connectivity index (χ0n) is 16.6. The van der Waals surface area contributed by atoms with Crippen LogP contribution in [-0.2, 0) is 14.8 Å². The number of amides is 1. The summed E-state index contributed by atoms with van der Waals surface area (Å²) < 4.78 is 31.6. The SMILES string of the molecule is CCS(=O)(=O)N1CCC(C(=O)N[C@H]2CC(C)(C)Oc3ccc(C)cc32)CC1. The highest BCUT2D eigenvalue weighted by atomic mass is 32.2. The standard InChI is InChI=1S/C20H30N2O4S/c1-5-27(24,25)22-10-8-15(9-11-22)19(23)21-17-13-20(3,4)26-18-7-6-14(2)12-16(17)18/h6-7,12,15,17H,5,8-11,13H2,1-4H3,(H,21,23)/t17-/m0/s1. The fourth-order valence-electron chi connectivity index (χ4n) is 3.97. The molecule has 7 heteroatoms. The van der Waals surface area contributed by atoms with Gasteiger partial charge in [0.1, 0.15) is 11.4 Å². The van der Waals surface area contributed by atoms with Crippen LogP contribution in [0, 0.1) is 12.8 Å². The second-order valence-corrected chi connectivity index (χ2v) is 10.5. The molecule has 0 saturated carbocycles. The Balaban J connectivity index is 1.69. The van der Waals surface area contributed by atoms with E-state index < -0.39 is 10.0 Å². The number of rotatable bonds is 4. The minimum Gasteiger partial charge on any atom is -0.487 e. The molecule has 0 aromatic heterocycles. The fraction of sp³-hybridized carbons (Fsp3) is 0.650. The first-order chi connectivity index (χ1) is 12.6. The number of hydrogen-bond donors (Lipinski definition) is 1. The van der Waals surface area contributed by atoms with Crippen molar-refractivity contribution in [3.63, 3.8) is 0 Å². The molecule has 27 heavy (non-hydrogen) atoms. The quantitative estimate of drug-likeness (QED) is 0.852. The minimum atomic E-state index is -3.17. The average Bonchev–Trinajstić information content (AvgIpc) is 2.61. The zero-order chi connectivity index (χ0) is 19.8. The molecular weight excluding hydrogens is 364 g/mol. The van der Waals surface area contributed by atoms with Crippen molar-refractivity contribution >= 4 is 15.9 Å². The highest BCUT2D eigenvalue weighted by Gasteiger charge is 2.36.